The zero-order chi connectivity index (χ0) is 15.5. The van der Waals surface area contributed by atoms with Crippen LogP contribution in [0.3, 0.4) is 0 Å². The van der Waals surface area contributed by atoms with Gasteiger partial charge in [-0.25, -0.2) is 0 Å². The van der Waals surface area contributed by atoms with Crippen LogP contribution >= 0.6 is 11.6 Å². The second kappa shape index (κ2) is 6.59. The minimum Gasteiger partial charge on any atom is -0.508 e. The van der Waals surface area contributed by atoms with E-state index in [9.17, 15) is 5.11 Å². The van der Waals surface area contributed by atoms with E-state index in [-0.39, 0.29) is 6.10 Å². The Morgan fingerprint density at radius 1 is 1.23 bits per heavy atom. The lowest BCUT2D eigenvalue weighted by molar-refractivity contribution is 0.139. The van der Waals surface area contributed by atoms with Crippen molar-refractivity contribution in [1.82, 2.24) is 4.90 Å². The van der Waals surface area contributed by atoms with E-state index < -0.39 is 0 Å². The van der Waals surface area contributed by atoms with Crippen molar-refractivity contribution >= 4 is 11.6 Å². The monoisotopic (exact) mass is 317 g/mol. The number of aromatic hydroxyl groups is 1. The van der Waals surface area contributed by atoms with Crippen molar-refractivity contribution in [2.24, 2.45) is 0 Å². The maximum atomic E-state index is 9.40. The number of hydrogen-bond acceptors (Lipinski definition) is 3. The van der Waals surface area contributed by atoms with Crippen LogP contribution in [0.5, 0.6) is 11.5 Å². The Morgan fingerprint density at radius 3 is 2.73 bits per heavy atom. The van der Waals surface area contributed by atoms with Gasteiger partial charge >= 0.3 is 0 Å². The zero-order valence-electron chi connectivity index (χ0n) is 12.6. The lowest BCUT2D eigenvalue weighted by atomic mass is 10.1. The third-order valence-electron chi connectivity index (χ3n) is 3.98. The summed E-state index contributed by atoms with van der Waals surface area (Å²) < 4.78 is 6.11. The highest BCUT2D eigenvalue weighted by molar-refractivity contribution is 6.30. The van der Waals surface area contributed by atoms with Gasteiger partial charge in [0.15, 0.2) is 0 Å². The molecule has 2 aromatic rings. The van der Waals surface area contributed by atoms with Gasteiger partial charge in [0.2, 0.25) is 0 Å². The topological polar surface area (TPSA) is 32.7 Å². The lowest BCUT2D eigenvalue weighted by Gasteiger charge is -2.23. The molecular formula is C18H20ClNO2. The van der Waals surface area contributed by atoms with Gasteiger partial charge in [0.25, 0.3) is 0 Å². The molecule has 0 amide bonds. The molecule has 0 radical (unpaired) electrons. The molecule has 2 aromatic carbocycles. The minimum absolute atomic E-state index is 0.164. The van der Waals surface area contributed by atoms with Crippen molar-refractivity contribution in [2.45, 2.75) is 32.5 Å². The van der Waals surface area contributed by atoms with Gasteiger partial charge < -0.3 is 9.84 Å². The summed E-state index contributed by atoms with van der Waals surface area (Å²) in [5, 5.41) is 10.1. The molecule has 1 aliphatic rings. The van der Waals surface area contributed by atoms with Crippen molar-refractivity contribution in [2.75, 3.05) is 6.54 Å². The standard InChI is InChI=1S/C18H20ClNO2/c1-2-17-12-20(10-13-3-7-16(21)8-4-13)11-14-5-6-15(19)9-18(14)22-17/h3-9,17,21H,2,10-12H2,1H3. The van der Waals surface area contributed by atoms with E-state index in [0.29, 0.717) is 10.8 Å². The molecule has 0 spiro atoms. The normalized spacial score (nSPS) is 18.4. The second-order valence-electron chi connectivity index (χ2n) is 5.74. The van der Waals surface area contributed by atoms with E-state index in [0.717, 1.165) is 31.8 Å². The average molecular weight is 318 g/mol. The van der Waals surface area contributed by atoms with Crippen LogP contribution in [0.15, 0.2) is 42.5 Å². The highest BCUT2D eigenvalue weighted by atomic mass is 35.5. The first-order chi connectivity index (χ1) is 10.6. The molecule has 3 nitrogen and oxygen atoms in total. The number of rotatable bonds is 3. The summed E-state index contributed by atoms with van der Waals surface area (Å²) in [5.41, 5.74) is 2.35. The van der Waals surface area contributed by atoms with Crippen LogP contribution in [0, 0.1) is 0 Å². The predicted molar refractivity (Wildman–Crippen MR) is 88.4 cm³/mol. The van der Waals surface area contributed by atoms with E-state index in [4.69, 9.17) is 16.3 Å². The number of hydrogen-bond donors (Lipinski definition) is 1. The Hall–Kier alpha value is -1.71. The third kappa shape index (κ3) is 3.54. The Labute approximate surface area is 136 Å². The average Bonchev–Trinajstić information content (AvgIpc) is 2.68. The minimum atomic E-state index is 0.164. The van der Waals surface area contributed by atoms with Gasteiger partial charge in [-0.1, -0.05) is 36.7 Å². The second-order valence-corrected chi connectivity index (χ2v) is 6.17. The molecule has 0 saturated carbocycles. The SMILES string of the molecule is CCC1CN(Cc2ccc(O)cc2)Cc2ccc(Cl)cc2O1. The fourth-order valence-corrected chi connectivity index (χ4v) is 2.93. The molecule has 116 valence electrons. The fourth-order valence-electron chi connectivity index (χ4n) is 2.77. The van der Waals surface area contributed by atoms with E-state index >= 15 is 0 Å². The van der Waals surface area contributed by atoms with Gasteiger partial charge in [-0.2, -0.15) is 0 Å². The number of nitrogens with zero attached hydrogens (tertiary/aromatic N) is 1. The number of benzene rings is 2. The molecule has 1 aliphatic heterocycles. The van der Waals surface area contributed by atoms with Crippen molar-refractivity contribution in [1.29, 1.82) is 0 Å². The van der Waals surface area contributed by atoms with E-state index in [2.05, 4.69) is 11.8 Å². The van der Waals surface area contributed by atoms with Gasteiger partial charge in [0, 0.05) is 30.2 Å². The molecule has 4 heteroatoms. The highest BCUT2D eigenvalue weighted by Crippen LogP contribution is 2.29. The fraction of sp³-hybridized carbons (Fsp3) is 0.333. The van der Waals surface area contributed by atoms with Gasteiger partial charge in [-0.3, -0.25) is 4.90 Å². The molecule has 1 heterocycles. The first kappa shape index (κ1) is 15.2. The van der Waals surface area contributed by atoms with Crippen LogP contribution < -0.4 is 4.74 Å². The summed E-state index contributed by atoms with van der Waals surface area (Å²) in [5.74, 6) is 1.20. The number of ether oxygens (including phenoxy) is 1. The van der Waals surface area contributed by atoms with Crippen LogP contribution in [0.2, 0.25) is 5.02 Å². The van der Waals surface area contributed by atoms with Gasteiger partial charge in [0.1, 0.15) is 17.6 Å². The Kier molecular flexibility index (Phi) is 4.55. The summed E-state index contributed by atoms with van der Waals surface area (Å²) in [4.78, 5) is 2.38. The van der Waals surface area contributed by atoms with Gasteiger partial charge in [-0.15, -0.1) is 0 Å². The lowest BCUT2D eigenvalue weighted by Crippen LogP contribution is -2.32. The smallest absolute Gasteiger partial charge is 0.125 e. The first-order valence-electron chi connectivity index (χ1n) is 7.59. The van der Waals surface area contributed by atoms with Crippen LogP contribution in [-0.2, 0) is 13.1 Å². The molecule has 0 fully saturated rings. The van der Waals surface area contributed by atoms with Crippen molar-refractivity contribution < 1.29 is 9.84 Å². The van der Waals surface area contributed by atoms with E-state index in [1.165, 1.54) is 11.1 Å². The Bertz CT molecular complexity index is 642. The summed E-state index contributed by atoms with van der Waals surface area (Å²) in [6.07, 6.45) is 1.12. The Balaban J connectivity index is 1.82. The molecule has 0 aliphatic carbocycles. The molecule has 1 atom stereocenters. The molecule has 3 rings (SSSR count). The molecule has 0 aromatic heterocycles. The molecule has 0 saturated heterocycles. The summed E-state index contributed by atoms with van der Waals surface area (Å²) >= 11 is 6.08. The molecule has 22 heavy (non-hydrogen) atoms. The molecule has 1 N–H and O–H groups in total. The number of phenols is 1. The van der Waals surface area contributed by atoms with Crippen LogP contribution in [-0.4, -0.2) is 22.7 Å². The molecule has 1 unspecified atom stereocenters. The van der Waals surface area contributed by atoms with Crippen molar-refractivity contribution in [3.63, 3.8) is 0 Å². The van der Waals surface area contributed by atoms with E-state index in [1.807, 2.05) is 30.3 Å². The van der Waals surface area contributed by atoms with Crippen molar-refractivity contribution in [3.05, 3.63) is 58.6 Å². The highest BCUT2D eigenvalue weighted by Gasteiger charge is 2.22. The predicted octanol–water partition coefficient (Wildman–Crippen LogP) is 4.22. The maximum Gasteiger partial charge on any atom is 0.125 e. The first-order valence-corrected chi connectivity index (χ1v) is 7.97. The number of halogens is 1. The summed E-state index contributed by atoms with van der Waals surface area (Å²) in [6, 6.07) is 13.2. The zero-order valence-corrected chi connectivity index (χ0v) is 13.4. The Morgan fingerprint density at radius 2 is 2.00 bits per heavy atom. The molecule has 0 bridgehead atoms. The van der Waals surface area contributed by atoms with Crippen molar-refractivity contribution in [3.8, 4) is 11.5 Å². The van der Waals surface area contributed by atoms with Gasteiger partial charge in [-0.05, 0) is 36.2 Å². The largest absolute Gasteiger partial charge is 0.508 e. The van der Waals surface area contributed by atoms with Crippen LogP contribution in [0.1, 0.15) is 24.5 Å². The van der Waals surface area contributed by atoms with Crippen LogP contribution in [0.4, 0.5) is 0 Å². The van der Waals surface area contributed by atoms with Crippen LogP contribution in [0.25, 0.3) is 0 Å². The van der Waals surface area contributed by atoms with Gasteiger partial charge in [0.05, 0.1) is 0 Å². The third-order valence-corrected chi connectivity index (χ3v) is 4.21. The summed E-state index contributed by atoms with van der Waals surface area (Å²) in [6.45, 7) is 4.69. The number of fused-ring (bicyclic) bond motifs is 1. The number of phenolic OH excluding ortho intramolecular Hbond substituents is 1. The summed E-state index contributed by atoms with van der Waals surface area (Å²) in [7, 11) is 0. The maximum absolute atomic E-state index is 9.40. The molecular weight excluding hydrogens is 298 g/mol. The van der Waals surface area contributed by atoms with E-state index in [1.54, 1.807) is 12.1 Å². The quantitative estimate of drug-likeness (QED) is 0.920.